The average molecular weight is 261 g/mol. The van der Waals surface area contributed by atoms with Crippen molar-refractivity contribution < 1.29 is 14.3 Å². The quantitative estimate of drug-likeness (QED) is 0.857. The number of ether oxygens (including phenoxy) is 2. The zero-order valence-corrected chi connectivity index (χ0v) is 10.8. The van der Waals surface area contributed by atoms with Gasteiger partial charge in [0.15, 0.2) is 11.5 Å². The molecule has 1 amide bonds. The van der Waals surface area contributed by atoms with E-state index in [9.17, 15) is 4.79 Å². The fourth-order valence-corrected chi connectivity index (χ4v) is 1.69. The monoisotopic (exact) mass is 261 g/mol. The van der Waals surface area contributed by atoms with E-state index in [-0.39, 0.29) is 12.3 Å². The SMILES string of the molecule is COc1ccc(CC(=O)Nc2ncc[nH]2)cc1OC. The van der Waals surface area contributed by atoms with E-state index in [0.717, 1.165) is 5.56 Å². The van der Waals surface area contributed by atoms with Crippen LogP contribution in [0.5, 0.6) is 11.5 Å². The number of rotatable bonds is 5. The first kappa shape index (κ1) is 12.9. The van der Waals surface area contributed by atoms with Crippen molar-refractivity contribution in [3.05, 3.63) is 36.2 Å². The van der Waals surface area contributed by atoms with Crippen molar-refractivity contribution in [3.63, 3.8) is 0 Å². The van der Waals surface area contributed by atoms with Crippen molar-refractivity contribution in [2.75, 3.05) is 19.5 Å². The van der Waals surface area contributed by atoms with Crippen molar-refractivity contribution in [2.24, 2.45) is 0 Å². The minimum absolute atomic E-state index is 0.151. The maximum atomic E-state index is 11.8. The predicted octanol–water partition coefficient (Wildman–Crippen LogP) is 1.61. The Kier molecular flexibility index (Phi) is 4.02. The number of aromatic nitrogens is 2. The van der Waals surface area contributed by atoms with Gasteiger partial charge in [0.2, 0.25) is 11.9 Å². The zero-order valence-electron chi connectivity index (χ0n) is 10.8. The number of anilines is 1. The summed E-state index contributed by atoms with van der Waals surface area (Å²) in [5, 5.41) is 2.66. The largest absolute Gasteiger partial charge is 0.493 e. The number of hydrogen-bond acceptors (Lipinski definition) is 4. The van der Waals surface area contributed by atoms with E-state index in [1.165, 1.54) is 0 Å². The van der Waals surface area contributed by atoms with Crippen molar-refractivity contribution in [2.45, 2.75) is 6.42 Å². The Morgan fingerprint density at radius 3 is 2.74 bits per heavy atom. The molecule has 19 heavy (non-hydrogen) atoms. The van der Waals surface area contributed by atoms with Crippen LogP contribution in [-0.4, -0.2) is 30.1 Å². The molecule has 2 N–H and O–H groups in total. The summed E-state index contributed by atoms with van der Waals surface area (Å²) in [4.78, 5) is 18.5. The lowest BCUT2D eigenvalue weighted by Gasteiger charge is -2.09. The van der Waals surface area contributed by atoms with Gasteiger partial charge in [-0.05, 0) is 17.7 Å². The highest BCUT2D eigenvalue weighted by molar-refractivity contribution is 5.90. The normalized spacial score (nSPS) is 10.0. The number of H-pyrrole nitrogens is 1. The summed E-state index contributed by atoms with van der Waals surface area (Å²) in [5.41, 5.74) is 0.835. The lowest BCUT2D eigenvalue weighted by atomic mass is 10.1. The second-order valence-electron chi connectivity index (χ2n) is 3.85. The van der Waals surface area contributed by atoms with Crippen LogP contribution in [-0.2, 0) is 11.2 Å². The molecule has 6 nitrogen and oxygen atoms in total. The van der Waals surface area contributed by atoms with E-state index in [0.29, 0.717) is 17.4 Å². The minimum atomic E-state index is -0.151. The molecule has 0 fully saturated rings. The number of benzene rings is 1. The Morgan fingerprint density at radius 2 is 2.11 bits per heavy atom. The molecular weight excluding hydrogens is 246 g/mol. The summed E-state index contributed by atoms with van der Waals surface area (Å²) in [6.07, 6.45) is 3.46. The first-order valence-corrected chi connectivity index (χ1v) is 5.73. The third kappa shape index (κ3) is 3.25. The van der Waals surface area contributed by atoms with Crippen molar-refractivity contribution in [3.8, 4) is 11.5 Å². The maximum absolute atomic E-state index is 11.8. The molecule has 100 valence electrons. The molecule has 0 bridgehead atoms. The summed E-state index contributed by atoms with van der Waals surface area (Å²) in [7, 11) is 3.13. The maximum Gasteiger partial charge on any atom is 0.231 e. The van der Waals surface area contributed by atoms with Crippen molar-refractivity contribution in [1.82, 2.24) is 9.97 Å². The van der Waals surface area contributed by atoms with Crippen LogP contribution < -0.4 is 14.8 Å². The molecular formula is C13H15N3O3. The van der Waals surface area contributed by atoms with Gasteiger partial charge in [0, 0.05) is 12.4 Å². The Hall–Kier alpha value is -2.50. The van der Waals surface area contributed by atoms with Gasteiger partial charge in [0.1, 0.15) is 0 Å². The molecule has 0 aliphatic rings. The first-order chi connectivity index (χ1) is 9.22. The highest BCUT2D eigenvalue weighted by atomic mass is 16.5. The van der Waals surface area contributed by atoms with Crippen molar-refractivity contribution >= 4 is 11.9 Å². The molecule has 1 aromatic carbocycles. The number of carbonyl (C=O) groups is 1. The van der Waals surface area contributed by atoms with Gasteiger partial charge in [-0.2, -0.15) is 0 Å². The van der Waals surface area contributed by atoms with Crippen LogP contribution in [0.2, 0.25) is 0 Å². The van der Waals surface area contributed by atoms with Gasteiger partial charge in [0.05, 0.1) is 20.6 Å². The van der Waals surface area contributed by atoms with E-state index in [1.54, 1.807) is 38.7 Å². The van der Waals surface area contributed by atoms with Gasteiger partial charge < -0.3 is 14.5 Å². The summed E-state index contributed by atoms with van der Waals surface area (Å²) in [6.45, 7) is 0. The number of imidazole rings is 1. The Balaban J connectivity index is 2.04. The molecule has 2 aromatic rings. The Morgan fingerprint density at radius 1 is 1.32 bits per heavy atom. The number of carbonyl (C=O) groups excluding carboxylic acids is 1. The van der Waals surface area contributed by atoms with E-state index in [1.807, 2.05) is 6.07 Å². The van der Waals surface area contributed by atoms with E-state index < -0.39 is 0 Å². The Bertz CT molecular complexity index is 552. The lowest BCUT2D eigenvalue weighted by Crippen LogP contribution is -2.15. The average Bonchev–Trinajstić information content (AvgIpc) is 2.91. The second kappa shape index (κ2) is 5.90. The van der Waals surface area contributed by atoms with Gasteiger partial charge in [-0.25, -0.2) is 4.98 Å². The first-order valence-electron chi connectivity index (χ1n) is 5.73. The fourth-order valence-electron chi connectivity index (χ4n) is 1.69. The smallest absolute Gasteiger partial charge is 0.231 e. The van der Waals surface area contributed by atoms with Crippen LogP contribution in [0, 0.1) is 0 Å². The number of methoxy groups -OCH3 is 2. The molecule has 0 saturated carbocycles. The standard InChI is InChI=1S/C13H15N3O3/c1-18-10-4-3-9(7-11(10)19-2)8-12(17)16-13-14-5-6-15-13/h3-7H,8H2,1-2H3,(H2,14,15,16,17). The summed E-state index contributed by atoms with van der Waals surface area (Å²) in [5.74, 6) is 1.52. The number of hydrogen-bond donors (Lipinski definition) is 2. The van der Waals surface area contributed by atoms with Gasteiger partial charge in [-0.1, -0.05) is 6.07 Å². The molecule has 6 heteroatoms. The molecule has 0 unspecified atom stereocenters. The van der Waals surface area contributed by atoms with Crippen LogP contribution in [0.4, 0.5) is 5.95 Å². The van der Waals surface area contributed by atoms with E-state index >= 15 is 0 Å². The molecule has 0 radical (unpaired) electrons. The molecule has 0 saturated heterocycles. The topological polar surface area (TPSA) is 76.2 Å². The number of nitrogens with one attached hydrogen (secondary N) is 2. The highest BCUT2D eigenvalue weighted by Crippen LogP contribution is 2.27. The van der Waals surface area contributed by atoms with Crippen LogP contribution in [0.25, 0.3) is 0 Å². The van der Waals surface area contributed by atoms with Crippen LogP contribution in [0.15, 0.2) is 30.6 Å². The molecule has 0 aliphatic heterocycles. The van der Waals surface area contributed by atoms with Gasteiger partial charge in [0.25, 0.3) is 0 Å². The number of aromatic amines is 1. The fraction of sp³-hybridized carbons (Fsp3) is 0.231. The number of nitrogens with zero attached hydrogens (tertiary/aromatic N) is 1. The van der Waals surface area contributed by atoms with Gasteiger partial charge >= 0.3 is 0 Å². The predicted molar refractivity (Wildman–Crippen MR) is 70.5 cm³/mol. The molecule has 1 heterocycles. The highest BCUT2D eigenvalue weighted by Gasteiger charge is 2.09. The summed E-state index contributed by atoms with van der Waals surface area (Å²) >= 11 is 0. The van der Waals surface area contributed by atoms with E-state index in [4.69, 9.17) is 9.47 Å². The Labute approximate surface area is 110 Å². The van der Waals surface area contributed by atoms with Crippen molar-refractivity contribution in [1.29, 1.82) is 0 Å². The third-order valence-electron chi connectivity index (χ3n) is 2.57. The van der Waals surface area contributed by atoms with Gasteiger partial charge in [-0.3, -0.25) is 10.1 Å². The number of amides is 1. The van der Waals surface area contributed by atoms with Crippen LogP contribution >= 0.6 is 0 Å². The zero-order chi connectivity index (χ0) is 13.7. The van der Waals surface area contributed by atoms with Crippen LogP contribution in [0.1, 0.15) is 5.56 Å². The summed E-state index contributed by atoms with van der Waals surface area (Å²) < 4.78 is 10.3. The van der Waals surface area contributed by atoms with E-state index in [2.05, 4.69) is 15.3 Å². The lowest BCUT2D eigenvalue weighted by molar-refractivity contribution is -0.115. The third-order valence-corrected chi connectivity index (χ3v) is 2.57. The van der Waals surface area contributed by atoms with Crippen LogP contribution in [0.3, 0.4) is 0 Å². The molecule has 2 rings (SSSR count). The second-order valence-corrected chi connectivity index (χ2v) is 3.85. The molecule has 1 aromatic heterocycles. The molecule has 0 spiro atoms. The molecule has 0 aliphatic carbocycles. The molecule has 0 atom stereocenters. The van der Waals surface area contributed by atoms with Gasteiger partial charge in [-0.15, -0.1) is 0 Å². The minimum Gasteiger partial charge on any atom is -0.493 e. The summed E-state index contributed by atoms with van der Waals surface area (Å²) in [6, 6.07) is 5.37.